The standard InChI is InChI=1S/C24H30N4O4/c1-28(21(22(25)29)19-13-7-15-26-27-19)16-8-14-20(28)32-23(30)24(31,18-11-5-6-12-18)17-9-3-2-4-10-17/h2-4,7,9-10,13,15,18,20-21,31H,5-6,8,11-12,14,16H2,1H3,(H-,25,29)/p+1. The number of aromatic nitrogens is 2. The maximum Gasteiger partial charge on any atom is 0.347 e. The van der Waals surface area contributed by atoms with E-state index in [9.17, 15) is 14.7 Å². The number of carbonyl (C=O) groups excluding carboxylic acids is 2. The van der Waals surface area contributed by atoms with Crippen molar-refractivity contribution < 1.29 is 23.9 Å². The van der Waals surface area contributed by atoms with E-state index in [2.05, 4.69) is 10.2 Å². The van der Waals surface area contributed by atoms with Crippen LogP contribution in [0.25, 0.3) is 0 Å². The molecule has 4 unspecified atom stereocenters. The van der Waals surface area contributed by atoms with Crippen molar-refractivity contribution in [3.05, 3.63) is 59.9 Å². The Balaban J connectivity index is 1.65. The van der Waals surface area contributed by atoms with Crippen LogP contribution in [0, 0.1) is 5.92 Å². The van der Waals surface area contributed by atoms with Crippen molar-refractivity contribution >= 4 is 11.9 Å². The third kappa shape index (κ3) is 3.89. The summed E-state index contributed by atoms with van der Waals surface area (Å²) in [6.07, 6.45) is 5.71. The Morgan fingerprint density at radius 1 is 1.12 bits per heavy atom. The molecule has 0 spiro atoms. The molecule has 3 N–H and O–H groups in total. The molecule has 2 aromatic rings. The Bertz CT molecular complexity index is 951. The highest BCUT2D eigenvalue weighted by molar-refractivity contribution is 5.82. The van der Waals surface area contributed by atoms with Gasteiger partial charge in [-0.25, -0.2) is 4.79 Å². The summed E-state index contributed by atoms with van der Waals surface area (Å²) in [4.78, 5) is 26.1. The minimum Gasteiger partial charge on any atom is -0.410 e. The second kappa shape index (κ2) is 8.96. The van der Waals surface area contributed by atoms with Crippen molar-refractivity contribution in [2.75, 3.05) is 13.6 Å². The maximum atomic E-state index is 13.6. The van der Waals surface area contributed by atoms with Crippen molar-refractivity contribution in [2.45, 2.75) is 56.4 Å². The average Bonchev–Trinajstić information content (AvgIpc) is 3.45. The zero-order valence-corrected chi connectivity index (χ0v) is 18.4. The molecule has 1 aliphatic carbocycles. The molecule has 1 saturated carbocycles. The van der Waals surface area contributed by atoms with E-state index in [0.717, 1.165) is 32.1 Å². The monoisotopic (exact) mass is 439 g/mol. The molecule has 1 amide bonds. The van der Waals surface area contributed by atoms with Crippen LogP contribution < -0.4 is 5.73 Å². The summed E-state index contributed by atoms with van der Waals surface area (Å²) in [5.41, 5.74) is 5.06. The Kier molecular flexibility index (Phi) is 6.26. The van der Waals surface area contributed by atoms with Crippen molar-refractivity contribution in [3.8, 4) is 0 Å². The average molecular weight is 440 g/mol. The number of hydrogen-bond donors (Lipinski definition) is 2. The van der Waals surface area contributed by atoms with Gasteiger partial charge >= 0.3 is 5.97 Å². The van der Waals surface area contributed by atoms with Crippen LogP contribution in [0.1, 0.15) is 55.8 Å². The second-order valence-electron chi connectivity index (χ2n) is 9.14. The van der Waals surface area contributed by atoms with E-state index in [4.69, 9.17) is 10.5 Å². The largest absolute Gasteiger partial charge is 0.410 e. The zero-order chi connectivity index (χ0) is 22.8. The lowest BCUT2D eigenvalue weighted by molar-refractivity contribution is -0.959. The minimum absolute atomic E-state index is 0.0926. The van der Waals surface area contributed by atoms with Gasteiger partial charge in [0.05, 0.1) is 13.6 Å². The third-order valence-electron chi connectivity index (χ3n) is 7.20. The summed E-state index contributed by atoms with van der Waals surface area (Å²) >= 11 is 0. The number of esters is 1. The number of likely N-dealkylation sites (tertiary alicyclic amines) is 1. The summed E-state index contributed by atoms with van der Waals surface area (Å²) in [6, 6.07) is 11.6. The van der Waals surface area contributed by atoms with Crippen LogP contribution in [-0.4, -0.2) is 51.5 Å². The maximum absolute atomic E-state index is 13.6. The van der Waals surface area contributed by atoms with Gasteiger partial charge in [-0.2, -0.15) is 5.10 Å². The molecule has 1 aromatic heterocycles. The number of primary amides is 1. The first-order valence-corrected chi connectivity index (χ1v) is 11.3. The second-order valence-corrected chi connectivity index (χ2v) is 9.14. The Morgan fingerprint density at radius 2 is 1.84 bits per heavy atom. The number of amides is 1. The number of hydrogen-bond acceptors (Lipinski definition) is 6. The zero-order valence-electron chi connectivity index (χ0n) is 18.4. The van der Waals surface area contributed by atoms with Gasteiger partial charge in [-0.05, 0) is 30.5 Å². The highest BCUT2D eigenvalue weighted by Crippen LogP contribution is 2.43. The van der Waals surface area contributed by atoms with E-state index in [0.29, 0.717) is 24.2 Å². The van der Waals surface area contributed by atoms with E-state index < -0.39 is 29.7 Å². The molecule has 1 saturated heterocycles. The SMILES string of the molecule is C[N+]1(C(C(N)=O)c2cccnn2)CCCC1OC(=O)C(O)(c1ccccc1)C1CCCC1. The number of quaternary nitrogens is 1. The quantitative estimate of drug-likeness (QED) is 0.505. The molecule has 4 rings (SSSR count). The summed E-state index contributed by atoms with van der Waals surface area (Å²) in [5.74, 6) is -1.41. The van der Waals surface area contributed by atoms with Gasteiger partial charge in [0, 0.05) is 25.0 Å². The number of ether oxygens (including phenoxy) is 1. The fourth-order valence-corrected chi connectivity index (χ4v) is 5.49. The Labute approximate surface area is 188 Å². The van der Waals surface area contributed by atoms with Gasteiger partial charge in [0.25, 0.3) is 5.91 Å². The molecule has 32 heavy (non-hydrogen) atoms. The smallest absolute Gasteiger partial charge is 0.347 e. The molecule has 2 aliphatic rings. The van der Waals surface area contributed by atoms with E-state index >= 15 is 0 Å². The number of benzene rings is 1. The predicted octanol–water partition coefficient (Wildman–Crippen LogP) is 2.19. The molecular weight excluding hydrogens is 408 g/mol. The van der Waals surface area contributed by atoms with E-state index in [1.807, 2.05) is 25.2 Å². The predicted molar refractivity (Wildman–Crippen MR) is 116 cm³/mol. The van der Waals surface area contributed by atoms with Crippen LogP contribution in [-0.2, 0) is 19.9 Å². The molecule has 8 nitrogen and oxygen atoms in total. The van der Waals surface area contributed by atoms with Gasteiger partial charge in [-0.15, -0.1) is 5.10 Å². The molecule has 1 aliphatic heterocycles. The first-order valence-electron chi connectivity index (χ1n) is 11.3. The summed E-state index contributed by atoms with van der Waals surface area (Å²) in [5, 5.41) is 19.7. The first-order chi connectivity index (χ1) is 15.4. The van der Waals surface area contributed by atoms with Gasteiger partial charge < -0.3 is 15.6 Å². The number of nitrogens with two attached hydrogens (primary N) is 1. The molecule has 2 heterocycles. The molecule has 1 aromatic carbocycles. The van der Waals surface area contributed by atoms with Crippen LogP contribution in [0.2, 0.25) is 0 Å². The van der Waals surface area contributed by atoms with Gasteiger partial charge in [0.1, 0.15) is 5.69 Å². The lowest BCUT2D eigenvalue weighted by atomic mass is 9.80. The van der Waals surface area contributed by atoms with Crippen molar-refractivity contribution in [1.29, 1.82) is 0 Å². The first kappa shape index (κ1) is 22.4. The summed E-state index contributed by atoms with van der Waals surface area (Å²) in [7, 11) is 1.85. The van der Waals surface area contributed by atoms with Crippen molar-refractivity contribution in [1.82, 2.24) is 10.2 Å². The van der Waals surface area contributed by atoms with E-state index in [1.54, 1.807) is 24.3 Å². The number of carbonyl (C=O) groups is 2. The number of nitrogens with zero attached hydrogens (tertiary/aromatic N) is 3. The van der Waals surface area contributed by atoms with Crippen molar-refractivity contribution in [2.24, 2.45) is 11.7 Å². The molecule has 2 fully saturated rings. The van der Waals surface area contributed by atoms with E-state index in [1.165, 1.54) is 6.20 Å². The molecule has 0 bridgehead atoms. The molecular formula is C24H31N4O4+. The number of aliphatic hydroxyl groups is 1. The van der Waals surface area contributed by atoms with E-state index in [-0.39, 0.29) is 10.4 Å². The fraction of sp³-hybridized carbons (Fsp3) is 0.500. The van der Waals surface area contributed by atoms with Gasteiger partial charge in [0.2, 0.25) is 12.3 Å². The van der Waals surface area contributed by atoms with Gasteiger partial charge in [-0.1, -0.05) is 43.2 Å². The highest BCUT2D eigenvalue weighted by Gasteiger charge is 2.54. The fourth-order valence-electron chi connectivity index (χ4n) is 5.49. The van der Waals surface area contributed by atoms with Crippen LogP contribution in [0.5, 0.6) is 0 Å². The topological polar surface area (TPSA) is 115 Å². The lowest BCUT2D eigenvalue weighted by Crippen LogP contribution is -2.57. The summed E-state index contributed by atoms with van der Waals surface area (Å²) < 4.78 is 6.13. The lowest BCUT2D eigenvalue weighted by Gasteiger charge is -2.41. The van der Waals surface area contributed by atoms with Crippen LogP contribution in [0.3, 0.4) is 0 Å². The Hall–Kier alpha value is -2.84. The van der Waals surface area contributed by atoms with Crippen LogP contribution in [0.4, 0.5) is 0 Å². The van der Waals surface area contributed by atoms with Gasteiger partial charge in [0.15, 0.2) is 5.60 Å². The Morgan fingerprint density at radius 3 is 2.47 bits per heavy atom. The molecule has 4 atom stereocenters. The number of rotatable bonds is 7. The molecule has 8 heteroatoms. The minimum atomic E-state index is -1.72. The number of likely N-dealkylation sites (N-methyl/N-ethyl adjacent to an activating group) is 1. The van der Waals surface area contributed by atoms with Crippen LogP contribution >= 0.6 is 0 Å². The summed E-state index contributed by atoms with van der Waals surface area (Å²) in [6.45, 7) is 0.593. The molecule has 0 radical (unpaired) electrons. The van der Waals surface area contributed by atoms with Crippen LogP contribution in [0.15, 0.2) is 48.7 Å². The molecule has 170 valence electrons. The third-order valence-corrected chi connectivity index (χ3v) is 7.20. The van der Waals surface area contributed by atoms with Gasteiger partial charge in [-0.3, -0.25) is 9.28 Å². The normalized spacial score (nSPS) is 26.4. The van der Waals surface area contributed by atoms with Crippen molar-refractivity contribution in [3.63, 3.8) is 0 Å². The highest BCUT2D eigenvalue weighted by atomic mass is 16.6.